The summed E-state index contributed by atoms with van der Waals surface area (Å²) in [5.74, 6) is -1.74. The molecule has 0 saturated carbocycles. The van der Waals surface area contributed by atoms with Crippen molar-refractivity contribution < 1.29 is 19.2 Å². The van der Waals surface area contributed by atoms with Gasteiger partial charge in [0.1, 0.15) is 18.4 Å². The molecule has 0 spiro atoms. The number of anilines is 1. The third-order valence-electron chi connectivity index (χ3n) is 5.07. The van der Waals surface area contributed by atoms with Crippen molar-refractivity contribution in [3.63, 3.8) is 0 Å². The first kappa shape index (κ1) is 20.7. The maximum Gasteiger partial charge on any atom is 0.325 e. The number of carbonyl (C=O) groups excluding carboxylic acids is 4. The molecule has 162 valence electrons. The van der Waals surface area contributed by atoms with E-state index < -0.39 is 35.8 Å². The molecule has 1 atom stereocenters. The van der Waals surface area contributed by atoms with Gasteiger partial charge in [-0.3, -0.25) is 19.3 Å². The van der Waals surface area contributed by atoms with Gasteiger partial charge >= 0.3 is 6.03 Å². The molecular formula is C20H18N8O4. The highest BCUT2D eigenvalue weighted by Crippen LogP contribution is 2.30. The lowest BCUT2D eigenvalue weighted by molar-refractivity contribution is -0.133. The van der Waals surface area contributed by atoms with Gasteiger partial charge in [-0.1, -0.05) is 12.1 Å². The van der Waals surface area contributed by atoms with E-state index in [4.69, 9.17) is 5.73 Å². The number of rotatable bonds is 6. The standard InChI is InChI=1S/C20H18N8O4/c1-20(13-3-2-4-15(9-13)28-11-22-25-26-28)18(31)27(19(32)24-20)10-16(29)23-14-7-5-12(6-8-14)17(21)30/h2-9,11H,10H2,1H3,(H2,21,30)(H,23,29)(H,24,32). The van der Waals surface area contributed by atoms with Gasteiger partial charge in [0.05, 0.1) is 5.69 Å². The molecule has 12 heteroatoms. The number of hydrogen-bond acceptors (Lipinski definition) is 7. The largest absolute Gasteiger partial charge is 0.366 e. The van der Waals surface area contributed by atoms with Crippen molar-refractivity contribution in [2.75, 3.05) is 11.9 Å². The first-order chi connectivity index (χ1) is 15.3. The number of carbonyl (C=O) groups is 4. The predicted octanol–water partition coefficient (Wildman–Crippen LogP) is 0.167. The zero-order valence-corrected chi connectivity index (χ0v) is 16.8. The van der Waals surface area contributed by atoms with Crippen LogP contribution >= 0.6 is 0 Å². The fourth-order valence-electron chi connectivity index (χ4n) is 3.34. The molecule has 0 bridgehead atoms. The van der Waals surface area contributed by atoms with E-state index in [0.29, 0.717) is 16.9 Å². The molecule has 0 radical (unpaired) electrons. The Morgan fingerprint density at radius 2 is 1.91 bits per heavy atom. The normalized spacial score (nSPS) is 17.8. The van der Waals surface area contributed by atoms with Crippen molar-refractivity contribution in [1.29, 1.82) is 0 Å². The van der Waals surface area contributed by atoms with Gasteiger partial charge in [-0.05, 0) is 59.3 Å². The Balaban J connectivity index is 1.49. The van der Waals surface area contributed by atoms with Gasteiger partial charge in [-0.2, -0.15) is 0 Å². The number of nitrogens with one attached hydrogen (secondary N) is 2. The summed E-state index contributed by atoms with van der Waals surface area (Å²) in [6.45, 7) is 1.08. The summed E-state index contributed by atoms with van der Waals surface area (Å²) >= 11 is 0. The lowest BCUT2D eigenvalue weighted by Gasteiger charge is -2.22. The minimum absolute atomic E-state index is 0.289. The third-order valence-corrected chi connectivity index (χ3v) is 5.07. The molecule has 32 heavy (non-hydrogen) atoms. The maximum atomic E-state index is 13.1. The highest BCUT2D eigenvalue weighted by atomic mass is 16.2. The maximum absolute atomic E-state index is 13.1. The molecule has 1 fully saturated rings. The van der Waals surface area contributed by atoms with Crippen LogP contribution in [0.25, 0.3) is 5.69 Å². The summed E-state index contributed by atoms with van der Waals surface area (Å²) in [5.41, 5.74) is 5.61. The number of nitrogens with zero attached hydrogens (tertiary/aromatic N) is 5. The number of amides is 5. The summed E-state index contributed by atoms with van der Waals surface area (Å²) in [6, 6.07) is 12.1. The van der Waals surface area contributed by atoms with Gasteiger partial charge in [0.25, 0.3) is 5.91 Å². The van der Waals surface area contributed by atoms with Crippen LogP contribution in [-0.2, 0) is 15.1 Å². The summed E-state index contributed by atoms with van der Waals surface area (Å²) in [4.78, 5) is 50.0. The Morgan fingerprint density at radius 3 is 2.56 bits per heavy atom. The van der Waals surface area contributed by atoms with Crippen LogP contribution < -0.4 is 16.4 Å². The van der Waals surface area contributed by atoms with E-state index in [0.717, 1.165) is 4.90 Å². The molecule has 4 N–H and O–H groups in total. The van der Waals surface area contributed by atoms with E-state index in [-0.39, 0.29) is 5.56 Å². The van der Waals surface area contributed by atoms with Gasteiger partial charge in [0.15, 0.2) is 0 Å². The molecule has 3 aromatic rings. The van der Waals surface area contributed by atoms with Gasteiger partial charge in [-0.25, -0.2) is 9.48 Å². The molecule has 0 aliphatic carbocycles. The summed E-state index contributed by atoms with van der Waals surface area (Å²) < 4.78 is 1.42. The van der Waals surface area contributed by atoms with Crippen molar-refractivity contribution in [3.05, 3.63) is 66.0 Å². The molecule has 2 aromatic carbocycles. The molecular weight excluding hydrogens is 416 g/mol. The molecule has 4 rings (SSSR count). The van der Waals surface area contributed by atoms with E-state index in [1.54, 1.807) is 31.2 Å². The number of imide groups is 1. The number of nitrogens with two attached hydrogens (primary N) is 1. The fourth-order valence-corrected chi connectivity index (χ4v) is 3.34. The molecule has 1 aromatic heterocycles. The number of benzene rings is 2. The number of hydrogen-bond donors (Lipinski definition) is 3. The number of tetrazole rings is 1. The topological polar surface area (TPSA) is 165 Å². The van der Waals surface area contributed by atoms with Crippen LogP contribution in [0.4, 0.5) is 10.5 Å². The highest BCUT2D eigenvalue weighted by molar-refractivity contribution is 6.10. The van der Waals surface area contributed by atoms with Gasteiger partial charge < -0.3 is 16.4 Å². The van der Waals surface area contributed by atoms with Crippen molar-refractivity contribution in [3.8, 4) is 5.69 Å². The molecule has 1 aliphatic heterocycles. The van der Waals surface area contributed by atoms with Gasteiger partial charge in [0, 0.05) is 11.3 Å². The van der Waals surface area contributed by atoms with Gasteiger partial charge in [0.2, 0.25) is 11.8 Å². The number of primary amides is 1. The lowest BCUT2D eigenvalue weighted by atomic mass is 9.91. The Labute approximate surface area is 181 Å². The van der Waals surface area contributed by atoms with Crippen LogP contribution in [0, 0.1) is 0 Å². The predicted molar refractivity (Wildman–Crippen MR) is 110 cm³/mol. The molecule has 5 amide bonds. The molecule has 1 saturated heterocycles. The highest BCUT2D eigenvalue weighted by Gasteiger charge is 2.49. The van der Waals surface area contributed by atoms with Crippen LogP contribution in [0.15, 0.2) is 54.9 Å². The first-order valence-corrected chi connectivity index (χ1v) is 9.45. The van der Waals surface area contributed by atoms with Crippen LogP contribution in [0.3, 0.4) is 0 Å². The van der Waals surface area contributed by atoms with E-state index in [1.807, 2.05) is 0 Å². The smallest absolute Gasteiger partial charge is 0.325 e. The fraction of sp³-hybridized carbons (Fsp3) is 0.150. The first-order valence-electron chi connectivity index (χ1n) is 9.45. The van der Waals surface area contributed by atoms with Crippen LogP contribution in [0.5, 0.6) is 0 Å². The van der Waals surface area contributed by atoms with E-state index in [1.165, 1.54) is 35.3 Å². The quantitative estimate of drug-likeness (QED) is 0.465. The van der Waals surface area contributed by atoms with E-state index in [9.17, 15) is 19.2 Å². The SMILES string of the molecule is CC1(c2cccc(-n3cnnn3)c2)NC(=O)N(CC(=O)Nc2ccc(C(N)=O)cc2)C1=O. The zero-order valence-electron chi connectivity index (χ0n) is 16.8. The minimum atomic E-state index is -1.37. The Kier molecular flexibility index (Phi) is 5.10. The van der Waals surface area contributed by atoms with Crippen molar-refractivity contribution in [2.45, 2.75) is 12.5 Å². The molecule has 1 unspecified atom stereocenters. The van der Waals surface area contributed by atoms with E-state index >= 15 is 0 Å². The van der Waals surface area contributed by atoms with Crippen molar-refractivity contribution >= 4 is 29.4 Å². The molecule has 2 heterocycles. The van der Waals surface area contributed by atoms with Crippen LogP contribution in [-0.4, -0.2) is 55.4 Å². The average Bonchev–Trinajstić information content (AvgIpc) is 3.38. The molecule has 12 nitrogen and oxygen atoms in total. The Bertz CT molecular complexity index is 1210. The number of aromatic nitrogens is 4. The second-order valence-corrected chi connectivity index (χ2v) is 7.24. The molecule has 1 aliphatic rings. The number of urea groups is 1. The van der Waals surface area contributed by atoms with Crippen molar-refractivity contribution in [1.82, 2.24) is 30.4 Å². The summed E-state index contributed by atoms with van der Waals surface area (Å²) in [6.07, 6.45) is 1.41. The lowest BCUT2D eigenvalue weighted by Crippen LogP contribution is -2.42. The second-order valence-electron chi connectivity index (χ2n) is 7.24. The summed E-state index contributed by atoms with van der Waals surface area (Å²) in [7, 11) is 0. The second kappa shape index (κ2) is 7.91. The Morgan fingerprint density at radius 1 is 1.16 bits per heavy atom. The minimum Gasteiger partial charge on any atom is -0.366 e. The van der Waals surface area contributed by atoms with Gasteiger partial charge in [-0.15, -0.1) is 5.10 Å². The monoisotopic (exact) mass is 434 g/mol. The average molecular weight is 434 g/mol. The van der Waals surface area contributed by atoms with Crippen LogP contribution in [0.2, 0.25) is 0 Å². The van der Waals surface area contributed by atoms with Crippen molar-refractivity contribution in [2.24, 2.45) is 5.73 Å². The summed E-state index contributed by atoms with van der Waals surface area (Å²) in [5, 5.41) is 16.2. The third kappa shape index (κ3) is 3.76. The Hall–Kier alpha value is -4.61. The zero-order chi connectivity index (χ0) is 22.9. The van der Waals surface area contributed by atoms with Crippen LogP contribution in [0.1, 0.15) is 22.8 Å². The van der Waals surface area contributed by atoms with E-state index in [2.05, 4.69) is 26.2 Å².